The minimum atomic E-state index is -5.16. The first-order valence-corrected chi connectivity index (χ1v) is 11.7. The highest BCUT2D eigenvalue weighted by molar-refractivity contribution is 5.81. The third-order valence-electron chi connectivity index (χ3n) is 7.81. The van der Waals surface area contributed by atoms with Gasteiger partial charge in [-0.1, -0.05) is 30.3 Å². The number of hydrogen-bond donors (Lipinski definition) is 1. The molecule has 2 unspecified atom stereocenters. The lowest BCUT2D eigenvalue weighted by Gasteiger charge is -2.44. The van der Waals surface area contributed by atoms with Gasteiger partial charge in [-0.2, -0.15) is 26.3 Å². The molecule has 1 fully saturated rings. The Bertz CT molecular complexity index is 1160. The third kappa shape index (κ3) is 4.70. The summed E-state index contributed by atoms with van der Waals surface area (Å²) in [4.78, 5) is 14.0. The van der Waals surface area contributed by atoms with E-state index < -0.39 is 59.3 Å². The lowest BCUT2D eigenvalue weighted by molar-refractivity contribution is -0.228. The maximum Gasteiger partial charge on any atom is 0.426 e. The fourth-order valence-corrected chi connectivity index (χ4v) is 5.77. The molecule has 3 nitrogen and oxygen atoms in total. The van der Waals surface area contributed by atoms with Crippen LogP contribution in [0.4, 0.5) is 35.1 Å². The van der Waals surface area contributed by atoms with E-state index in [-0.39, 0.29) is 32.2 Å². The second-order valence-electron chi connectivity index (χ2n) is 9.94. The summed E-state index contributed by atoms with van der Waals surface area (Å²) in [5.74, 6) is -4.37. The van der Waals surface area contributed by atoms with Crippen molar-refractivity contribution in [3.05, 3.63) is 70.5 Å². The predicted molar refractivity (Wildman–Crippen MR) is 118 cm³/mol. The standard InChI is InChI=1S/C26H25F8NO2/c1-23(28,26(32,33)34)17-5-8-19-16(12-17)4-9-21-24(19,13-15-2-6-18(27)7-3-15)10-11-35(21)22(37)20(14-36)25(29,30)31/h2-3,5-8,12,20-21,36H,4,9-11,13-14H2,1H3/t20?,21-,23?,24-/m1/s1. The van der Waals surface area contributed by atoms with Gasteiger partial charge in [-0.25, -0.2) is 8.78 Å². The van der Waals surface area contributed by atoms with Crippen LogP contribution in [0.3, 0.4) is 0 Å². The van der Waals surface area contributed by atoms with Crippen LogP contribution in [-0.2, 0) is 28.7 Å². The highest BCUT2D eigenvalue weighted by atomic mass is 19.4. The van der Waals surface area contributed by atoms with Gasteiger partial charge in [-0.05, 0) is 67.0 Å². The normalized spacial score (nSPS) is 24.3. The molecule has 37 heavy (non-hydrogen) atoms. The summed E-state index contributed by atoms with van der Waals surface area (Å²) in [6.45, 7) is -1.05. The molecular formula is C26H25F8NO2. The maximum atomic E-state index is 14.7. The fraction of sp³-hybridized carbons (Fsp3) is 0.500. The van der Waals surface area contributed by atoms with E-state index in [4.69, 9.17) is 0 Å². The molecule has 0 radical (unpaired) electrons. The van der Waals surface area contributed by atoms with Crippen LogP contribution in [0.15, 0.2) is 42.5 Å². The van der Waals surface area contributed by atoms with Crippen molar-refractivity contribution in [3.8, 4) is 0 Å². The van der Waals surface area contributed by atoms with E-state index in [0.29, 0.717) is 23.6 Å². The predicted octanol–water partition coefficient (Wildman–Crippen LogP) is 5.77. The fourth-order valence-electron chi connectivity index (χ4n) is 5.77. The van der Waals surface area contributed by atoms with E-state index in [1.165, 1.54) is 30.3 Å². The van der Waals surface area contributed by atoms with Crippen LogP contribution in [0.25, 0.3) is 0 Å². The summed E-state index contributed by atoms with van der Waals surface area (Å²) >= 11 is 0. The number of hydrogen-bond acceptors (Lipinski definition) is 2. The molecule has 4 atom stereocenters. The maximum absolute atomic E-state index is 14.7. The lowest BCUT2D eigenvalue weighted by atomic mass is 9.63. The first kappa shape index (κ1) is 27.3. The van der Waals surface area contributed by atoms with Crippen LogP contribution >= 0.6 is 0 Å². The van der Waals surface area contributed by atoms with Crippen molar-refractivity contribution < 1.29 is 45.0 Å². The Kier molecular flexibility index (Phi) is 6.84. The number of amides is 1. The van der Waals surface area contributed by atoms with Crippen LogP contribution in [0.5, 0.6) is 0 Å². The van der Waals surface area contributed by atoms with Crippen molar-refractivity contribution >= 4 is 5.91 Å². The van der Waals surface area contributed by atoms with E-state index in [0.717, 1.165) is 17.0 Å². The molecule has 0 aromatic heterocycles. The van der Waals surface area contributed by atoms with Gasteiger partial charge >= 0.3 is 12.4 Å². The number of fused-ring (bicyclic) bond motifs is 3. The highest BCUT2D eigenvalue weighted by Gasteiger charge is 2.57. The molecule has 11 heteroatoms. The minimum Gasteiger partial charge on any atom is -0.395 e. The quantitative estimate of drug-likeness (QED) is 0.494. The van der Waals surface area contributed by atoms with Crippen LogP contribution in [0.2, 0.25) is 0 Å². The van der Waals surface area contributed by atoms with Crippen LogP contribution < -0.4 is 0 Å². The van der Waals surface area contributed by atoms with E-state index >= 15 is 0 Å². The van der Waals surface area contributed by atoms with Crippen molar-refractivity contribution in [1.29, 1.82) is 0 Å². The molecule has 1 amide bonds. The zero-order chi connectivity index (χ0) is 27.4. The number of alkyl halides is 7. The Hall–Kier alpha value is -2.69. The first-order chi connectivity index (χ1) is 17.1. The van der Waals surface area contributed by atoms with Gasteiger partial charge in [0.1, 0.15) is 5.82 Å². The smallest absolute Gasteiger partial charge is 0.395 e. The monoisotopic (exact) mass is 535 g/mol. The van der Waals surface area contributed by atoms with Gasteiger partial charge in [0.25, 0.3) is 0 Å². The molecule has 1 heterocycles. The van der Waals surface area contributed by atoms with Crippen LogP contribution in [0, 0.1) is 11.7 Å². The number of halogens is 8. The second kappa shape index (κ2) is 9.25. The second-order valence-corrected chi connectivity index (χ2v) is 9.94. The minimum absolute atomic E-state index is 0.0676. The van der Waals surface area contributed by atoms with Gasteiger partial charge < -0.3 is 10.0 Å². The molecule has 4 rings (SSSR count). The molecule has 1 N–H and O–H groups in total. The summed E-state index contributed by atoms with van der Waals surface area (Å²) in [5, 5.41) is 9.31. The Morgan fingerprint density at radius 3 is 2.30 bits per heavy atom. The summed E-state index contributed by atoms with van der Waals surface area (Å²) in [7, 11) is 0. The highest BCUT2D eigenvalue weighted by Crippen LogP contribution is 2.51. The van der Waals surface area contributed by atoms with E-state index in [1.54, 1.807) is 0 Å². The number of carbonyl (C=O) groups excluding carboxylic acids is 1. The average Bonchev–Trinajstić information content (AvgIpc) is 3.18. The number of nitrogens with zero attached hydrogens (tertiary/aromatic N) is 1. The Morgan fingerprint density at radius 2 is 1.73 bits per heavy atom. The Balaban J connectivity index is 1.80. The average molecular weight is 535 g/mol. The molecule has 0 bridgehead atoms. The first-order valence-electron chi connectivity index (χ1n) is 11.7. The van der Waals surface area contributed by atoms with Crippen LogP contribution in [-0.4, -0.2) is 47.5 Å². The Morgan fingerprint density at radius 1 is 1.08 bits per heavy atom. The van der Waals surface area contributed by atoms with Gasteiger partial charge in [0.15, 0.2) is 5.92 Å². The van der Waals surface area contributed by atoms with E-state index in [1.807, 2.05) is 0 Å². The number of likely N-dealkylation sites (tertiary alicyclic amines) is 1. The Labute approximate surface area is 208 Å². The molecule has 1 aliphatic heterocycles. The van der Waals surface area contributed by atoms with Gasteiger partial charge in [0.05, 0.1) is 6.61 Å². The van der Waals surface area contributed by atoms with E-state index in [9.17, 15) is 45.0 Å². The topological polar surface area (TPSA) is 40.5 Å². The largest absolute Gasteiger partial charge is 0.426 e. The lowest BCUT2D eigenvalue weighted by Crippen LogP contribution is -2.52. The molecular weight excluding hydrogens is 510 g/mol. The molecule has 202 valence electrons. The zero-order valence-corrected chi connectivity index (χ0v) is 19.8. The molecule has 1 saturated heterocycles. The summed E-state index contributed by atoms with van der Waals surface area (Å²) in [6, 6.07) is 8.22. The molecule has 1 aliphatic carbocycles. The van der Waals surface area contributed by atoms with Gasteiger partial charge in [0.2, 0.25) is 11.6 Å². The van der Waals surface area contributed by atoms with Gasteiger partial charge in [-0.3, -0.25) is 4.79 Å². The van der Waals surface area contributed by atoms with Crippen molar-refractivity contribution in [3.63, 3.8) is 0 Å². The summed E-state index contributed by atoms with van der Waals surface area (Å²) < 4.78 is 109. The number of aryl methyl sites for hydroxylation is 1. The molecule has 2 aromatic rings. The van der Waals surface area contributed by atoms with Crippen molar-refractivity contribution in [1.82, 2.24) is 4.90 Å². The van der Waals surface area contributed by atoms with Gasteiger partial charge in [-0.15, -0.1) is 0 Å². The van der Waals surface area contributed by atoms with Crippen molar-refractivity contribution in [2.45, 2.75) is 62.1 Å². The van der Waals surface area contributed by atoms with E-state index in [2.05, 4.69) is 0 Å². The molecule has 2 aromatic carbocycles. The zero-order valence-electron chi connectivity index (χ0n) is 19.8. The van der Waals surface area contributed by atoms with Crippen molar-refractivity contribution in [2.24, 2.45) is 5.92 Å². The number of benzene rings is 2. The number of carbonyl (C=O) groups is 1. The summed E-state index contributed by atoms with van der Waals surface area (Å²) in [6.07, 6.45) is -9.50. The molecule has 2 aliphatic rings. The SMILES string of the molecule is CC(F)(c1ccc2c(c1)CC[C@H]1N(C(=O)C(CO)C(F)(F)F)CC[C@@]21Cc1ccc(F)cc1)C(F)(F)F. The number of aliphatic hydroxyl groups is 1. The molecule has 0 spiro atoms. The molecule has 0 saturated carbocycles. The third-order valence-corrected chi connectivity index (χ3v) is 7.81. The number of rotatable bonds is 5. The van der Waals surface area contributed by atoms with Crippen LogP contribution in [0.1, 0.15) is 42.0 Å². The number of aliphatic hydroxyl groups excluding tert-OH is 1. The van der Waals surface area contributed by atoms with Gasteiger partial charge in [0, 0.05) is 18.0 Å². The summed E-state index contributed by atoms with van der Waals surface area (Å²) in [5.41, 5.74) is -3.61. The van der Waals surface area contributed by atoms with Crippen molar-refractivity contribution in [2.75, 3.05) is 13.2 Å².